The fraction of sp³-hybridized carbons (Fsp3) is 0. The molecule has 0 amide bonds. The van der Waals surface area contributed by atoms with E-state index >= 15 is 0 Å². The van der Waals surface area contributed by atoms with Gasteiger partial charge in [-0.2, -0.15) is 0 Å². The van der Waals surface area contributed by atoms with Crippen LogP contribution in [0.25, 0.3) is 5.43 Å². The van der Waals surface area contributed by atoms with E-state index in [1.54, 1.807) is 24.4 Å². The van der Waals surface area contributed by atoms with Crippen molar-refractivity contribution < 1.29 is 21.9 Å². The van der Waals surface area contributed by atoms with Crippen LogP contribution in [0, 0.1) is 0 Å². The van der Waals surface area contributed by atoms with Crippen LogP contribution in [-0.2, 0) is 16.8 Å². The number of halogens is 2. The molecule has 0 bridgehead atoms. The van der Waals surface area contributed by atoms with Crippen molar-refractivity contribution in [2.75, 3.05) is 0 Å². The number of benzene rings is 1. The number of hydrogen-bond acceptors (Lipinski definition) is 2. The predicted molar refractivity (Wildman–Crippen MR) is 74.4 cm³/mol. The number of nitrogens with zero attached hydrogens (tertiary/aromatic N) is 3. The Morgan fingerprint density at radius 1 is 1.26 bits per heavy atom. The zero-order valence-electron chi connectivity index (χ0n) is 9.47. The van der Waals surface area contributed by atoms with Gasteiger partial charge in [0.25, 0.3) is 5.75 Å². The smallest absolute Gasteiger partial charge is 0.592 e. The largest absolute Gasteiger partial charge is 2.00 e. The van der Waals surface area contributed by atoms with Gasteiger partial charge in [-0.25, -0.2) is 0 Å². The number of rotatable bonds is 3. The maximum atomic E-state index is 7.74. The molecule has 0 saturated carbocycles. The Labute approximate surface area is 130 Å². The molecular weight excluding hydrogens is 332 g/mol. The molecule has 0 aliphatic carbocycles. The van der Waals surface area contributed by atoms with Crippen LogP contribution in [0.2, 0.25) is 10.0 Å². The molecule has 19 heavy (non-hydrogen) atoms. The van der Waals surface area contributed by atoms with Crippen molar-refractivity contribution in [1.29, 1.82) is 0 Å². The molecule has 1 radical (unpaired) electrons. The minimum absolute atomic E-state index is 0. The van der Waals surface area contributed by atoms with Gasteiger partial charge in [0, 0.05) is 11.2 Å². The Bertz CT molecular complexity index is 579. The van der Waals surface area contributed by atoms with Gasteiger partial charge in [-0.05, 0) is 18.0 Å². The van der Waals surface area contributed by atoms with Gasteiger partial charge >= 0.3 is 16.8 Å². The molecule has 0 aliphatic heterocycles. The van der Waals surface area contributed by atoms with E-state index in [1.807, 2.05) is 6.07 Å². The van der Waals surface area contributed by atoms with Crippen LogP contribution in [0.15, 0.2) is 41.6 Å². The average Bonchev–Trinajstić information content (AvgIpc) is 2.36. The molecule has 2 rings (SSSR count). The third-order valence-corrected chi connectivity index (χ3v) is 2.61. The van der Waals surface area contributed by atoms with Crippen molar-refractivity contribution >= 4 is 35.2 Å². The molecule has 0 aliphatic rings. The van der Waals surface area contributed by atoms with E-state index in [2.05, 4.69) is 15.5 Å². The first kappa shape index (κ1) is 15.8. The van der Waals surface area contributed by atoms with Gasteiger partial charge in [-0.1, -0.05) is 47.6 Å². The molecule has 0 spiro atoms. The number of hydrogen-bond donors (Lipinski definition) is 0. The van der Waals surface area contributed by atoms with Crippen molar-refractivity contribution in [1.82, 2.24) is 4.98 Å². The molecule has 99 valence electrons. The first-order valence-corrected chi connectivity index (χ1v) is 5.78. The summed E-state index contributed by atoms with van der Waals surface area (Å²) in [6, 6.07) is 8.45. The summed E-state index contributed by atoms with van der Waals surface area (Å²) in [6.45, 7) is 0. The summed E-state index contributed by atoms with van der Waals surface area (Å²) < 4.78 is 0. The molecule has 0 saturated heterocycles. The fourth-order valence-corrected chi connectivity index (χ4v) is 1.77. The molecule has 0 unspecified atom stereocenters. The van der Waals surface area contributed by atoms with Crippen LogP contribution in [0.5, 0.6) is 5.75 Å². The van der Waals surface area contributed by atoms with Crippen LogP contribution in [-0.4, -0.2) is 16.3 Å². The molecule has 2 N–H and O–H groups in total. The number of aromatic nitrogens is 1. The molecule has 0 fully saturated rings. The van der Waals surface area contributed by atoms with E-state index in [9.17, 15) is 0 Å². The second kappa shape index (κ2) is 7.35. The summed E-state index contributed by atoms with van der Waals surface area (Å²) in [7, 11) is 0. The molecule has 1 aromatic carbocycles. The first-order valence-electron chi connectivity index (χ1n) is 5.02. The Morgan fingerprint density at radius 3 is 2.74 bits per heavy atom. The van der Waals surface area contributed by atoms with E-state index in [1.165, 1.54) is 12.3 Å². The molecule has 2 aromatic rings. The summed E-state index contributed by atoms with van der Waals surface area (Å²) in [5.41, 5.74) is 4.40. The molecule has 1 heterocycles. The van der Waals surface area contributed by atoms with Crippen LogP contribution in [0.1, 0.15) is 5.56 Å². The minimum atomic E-state index is 0. The zero-order chi connectivity index (χ0) is 13.0. The van der Waals surface area contributed by atoms with Gasteiger partial charge < -0.3 is 15.5 Å². The average molecular weight is 341 g/mol. The van der Waals surface area contributed by atoms with Crippen LogP contribution in [0.3, 0.4) is 0 Å². The van der Waals surface area contributed by atoms with Crippen molar-refractivity contribution in [3.05, 3.63) is 57.6 Å². The first-order chi connectivity index (χ1) is 8.66. The van der Waals surface area contributed by atoms with E-state index in [0.29, 0.717) is 16.4 Å². The predicted octanol–water partition coefficient (Wildman–Crippen LogP) is 3.86. The monoisotopic (exact) mass is 340 g/mol. The standard InChI is InChI=1S/C12H8Cl2N3O.Co/c13-9-5-8(12(18)10(14)6-9)7-16-17-11-3-1-2-4-15-11;/h1-7H,(H-,15,16,17,18);/q-1;+2/p+1. The van der Waals surface area contributed by atoms with E-state index < -0.39 is 0 Å². The van der Waals surface area contributed by atoms with E-state index in [4.69, 9.17) is 28.3 Å². The second-order valence-electron chi connectivity index (χ2n) is 3.38. The molecule has 4 nitrogen and oxygen atoms in total. The van der Waals surface area contributed by atoms with Crippen molar-refractivity contribution in [2.24, 2.45) is 5.10 Å². The van der Waals surface area contributed by atoms with Crippen LogP contribution < -0.4 is 0 Å². The summed E-state index contributed by atoms with van der Waals surface area (Å²) in [4.78, 5) is 3.99. The summed E-state index contributed by atoms with van der Waals surface area (Å²) in [5, 5.41) is 12.3. The van der Waals surface area contributed by atoms with E-state index in [-0.39, 0.29) is 27.6 Å². The normalized spacial score (nSPS) is 10.2. The van der Waals surface area contributed by atoms with Gasteiger partial charge in [0.15, 0.2) is 0 Å². The maximum absolute atomic E-state index is 7.74. The summed E-state index contributed by atoms with van der Waals surface area (Å²) >= 11 is 11.7. The topological polar surface area (TPSA) is 62.2 Å². The number of pyridine rings is 1. The van der Waals surface area contributed by atoms with Crippen molar-refractivity contribution in [2.45, 2.75) is 0 Å². The summed E-state index contributed by atoms with van der Waals surface area (Å²) in [5.74, 6) is 0.662. The summed E-state index contributed by atoms with van der Waals surface area (Å²) in [6.07, 6.45) is 3.05. The maximum Gasteiger partial charge on any atom is 2.00 e. The van der Waals surface area contributed by atoms with Gasteiger partial charge in [0.05, 0.1) is 5.56 Å². The van der Waals surface area contributed by atoms with Crippen molar-refractivity contribution in [3.63, 3.8) is 0 Å². The second-order valence-corrected chi connectivity index (χ2v) is 4.23. The SMILES string of the molecule is [Co+2].[OH2+]c1c(Cl)cc(Cl)cc1C=N[N-]c1ccccn1. The Kier molecular flexibility index (Phi) is 6.10. The third kappa shape index (κ3) is 4.40. The Balaban J connectivity index is 0.00000180. The fourth-order valence-electron chi connectivity index (χ4n) is 1.26. The van der Waals surface area contributed by atoms with Gasteiger partial charge in [-0.15, -0.1) is 0 Å². The minimum Gasteiger partial charge on any atom is -0.592 e. The van der Waals surface area contributed by atoms with Gasteiger partial charge in [-0.3, -0.25) is 5.10 Å². The van der Waals surface area contributed by atoms with Crippen LogP contribution in [0.4, 0.5) is 5.82 Å². The molecular formula is C12H9Cl2CoN3O+2. The van der Waals surface area contributed by atoms with Crippen molar-refractivity contribution in [3.8, 4) is 5.75 Å². The Morgan fingerprint density at radius 2 is 2.05 bits per heavy atom. The molecule has 1 aromatic heterocycles. The molecule has 7 heteroatoms. The molecule has 0 atom stereocenters. The van der Waals surface area contributed by atoms with Gasteiger partial charge in [0.1, 0.15) is 5.02 Å². The zero-order valence-corrected chi connectivity index (χ0v) is 12.0. The Hall–Kier alpha value is -1.27. The third-order valence-electron chi connectivity index (χ3n) is 2.09. The van der Waals surface area contributed by atoms with E-state index in [0.717, 1.165) is 0 Å². The quantitative estimate of drug-likeness (QED) is 0.475. The van der Waals surface area contributed by atoms with Crippen LogP contribution >= 0.6 is 23.2 Å². The van der Waals surface area contributed by atoms with Gasteiger partial charge in [0.2, 0.25) is 0 Å².